The number of halogens is 1. The van der Waals surface area contributed by atoms with Crippen molar-refractivity contribution < 1.29 is 9.90 Å². The molecule has 1 aromatic rings. The molecule has 94 valence electrons. The van der Waals surface area contributed by atoms with E-state index in [4.69, 9.17) is 11.6 Å². The number of hydrogen-bond donors (Lipinski definition) is 1. The minimum absolute atomic E-state index is 0.352. The Labute approximate surface area is 107 Å². The van der Waals surface area contributed by atoms with Gasteiger partial charge in [-0.2, -0.15) is 0 Å². The Hall–Kier alpha value is -1.22. The first-order valence-electron chi connectivity index (χ1n) is 5.48. The second-order valence-electron chi connectivity index (χ2n) is 5.06. The standard InChI is InChI=1S/C13H18ClNO2/c1-9-10(6-5-7-11(9)14)8-15(12(16)17)13(2,3)4/h5-7H,8H2,1-4H3,(H,16,17). The van der Waals surface area contributed by atoms with E-state index in [1.165, 1.54) is 4.90 Å². The number of benzene rings is 1. The molecule has 1 rings (SSSR count). The zero-order chi connectivity index (χ0) is 13.2. The van der Waals surface area contributed by atoms with Gasteiger partial charge < -0.3 is 5.11 Å². The first-order valence-corrected chi connectivity index (χ1v) is 5.86. The van der Waals surface area contributed by atoms with Crippen LogP contribution in [0.15, 0.2) is 18.2 Å². The van der Waals surface area contributed by atoms with Gasteiger partial charge in [0.05, 0.1) is 0 Å². The van der Waals surface area contributed by atoms with Crippen LogP contribution in [0, 0.1) is 6.92 Å². The number of hydrogen-bond acceptors (Lipinski definition) is 1. The second-order valence-corrected chi connectivity index (χ2v) is 5.47. The Morgan fingerprint density at radius 1 is 1.41 bits per heavy atom. The first-order chi connectivity index (χ1) is 7.73. The fraction of sp³-hybridized carbons (Fsp3) is 0.462. The average Bonchev–Trinajstić information content (AvgIpc) is 2.17. The van der Waals surface area contributed by atoms with Crippen LogP contribution < -0.4 is 0 Å². The van der Waals surface area contributed by atoms with E-state index in [2.05, 4.69) is 0 Å². The number of nitrogens with zero attached hydrogens (tertiary/aromatic N) is 1. The van der Waals surface area contributed by atoms with E-state index < -0.39 is 11.6 Å². The van der Waals surface area contributed by atoms with Crippen molar-refractivity contribution in [2.45, 2.75) is 39.8 Å². The Morgan fingerprint density at radius 3 is 2.47 bits per heavy atom. The van der Waals surface area contributed by atoms with Crippen molar-refractivity contribution in [3.63, 3.8) is 0 Å². The van der Waals surface area contributed by atoms with Crippen LogP contribution in [0.2, 0.25) is 5.02 Å². The number of carbonyl (C=O) groups is 1. The highest BCUT2D eigenvalue weighted by atomic mass is 35.5. The minimum Gasteiger partial charge on any atom is -0.465 e. The summed E-state index contributed by atoms with van der Waals surface area (Å²) in [4.78, 5) is 12.6. The molecule has 0 spiro atoms. The Kier molecular flexibility index (Phi) is 4.04. The summed E-state index contributed by atoms with van der Waals surface area (Å²) in [5.74, 6) is 0. The van der Waals surface area contributed by atoms with Gasteiger partial charge in [-0.3, -0.25) is 4.90 Å². The Morgan fingerprint density at radius 2 is 2.00 bits per heavy atom. The lowest BCUT2D eigenvalue weighted by Crippen LogP contribution is -2.44. The van der Waals surface area contributed by atoms with E-state index in [-0.39, 0.29) is 0 Å². The lowest BCUT2D eigenvalue weighted by molar-refractivity contribution is 0.0954. The van der Waals surface area contributed by atoms with Gasteiger partial charge in [0.2, 0.25) is 0 Å². The van der Waals surface area contributed by atoms with Crippen LogP contribution in [-0.4, -0.2) is 21.6 Å². The van der Waals surface area contributed by atoms with Gasteiger partial charge in [-0.05, 0) is 44.9 Å². The summed E-state index contributed by atoms with van der Waals surface area (Å²) >= 11 is 6.03. The third-order valence-corrected chi connectivity index (χ3v) is 3.16. The molecular weight excluding hydrogens is 238 g/mol. The van der Waals surface area contributed by atoms with Crippen LogP contribution in [-0.2, 0) is 6.54 Å². The first kappa shape index (κ1) is 13.8. The molecule has 0 aliphatic carbocycles. The highest BCUT2D eigenvalue weighted by Gasteiger charge is 2.26. The van der Waals surface area contributed by atoms with Gasteiger partial charge in [0.25, 0.3) is 0 Å². The maximum atomic E-state index is 11.2. The third-order valence-electron chi connectivity index (χ3n) is 2.75. The number of carboxylic acid groups (broad SMARTS) is 1. The molecule has 0 saturated carbocycles. The fourth-order valence-electron chi connectivity index (χ4n) is 1.59. The van der Waals surface area contributed by atoms with E-state index in [9.17, 15) is 9.90 Å². The van der Waals surface area contributed by atoms with Crippen LogP contribution in [0.25, 0.3) is 0 Å². The van der Waals surface area contributed by atoms with Crippen molar-refractivity contribution in [1.82, 2.24) is 4.90 Å². The van der Waals surface area contributed by atoms with Gasteiger partial charge in [0.1, 0.15) is 0 Å². The van der Waals surface area contributed by atoms with E-state index in [0.29, 0.717) is 11.6 Å². The van der Waals surface area contributed by atoms with Crippen molar-refractivity contribution in [3.05, 3.63) is 34.3 Å². The molecule has 0 aromatic heterocycles. The number of rotatable bonds is 2. The van der Waals surface area contributed by atoms with E-state index in [1.807, 2.05) is 45.9 Å². The average molecular weight is 256 g/mol. The molecule has 0 heterocycles. The molecule has 17 heavy (non-hydrogen) atoms. The summed E-state index contributed by atoms with van der Waals surface area (Å²) in [6.45, 7) is 7.88. The van der Waals surface area contributed by atoms with Crippen molar-refractivity contribution in [2.24, 2.45) is 0 Å². The van der Waals surface area contributed by atoms with Gasteiger partial charge in [-0.1, -0.05) is 23.7 Å². The van der Waals surface area contributed by atoms with Crippen molar-refractivity contribution in [1.29, 1.82) is 0 Å². The zero-order valence-electron chi connectivity index (χ0n) is 10.6. The lowest BCUT2D eigenvalue weighted by Gasteiger charge is -2.33. The predicted octanol–water partition coefficient (Wildman–Crippen LogP) is 3.93. The molecule has 0 aliphatic heterocycles. The SMILES string of the molecule is Cc1c(Cl)cccc1CN(C(=O)O)C(C)(C)C. The van der Waals surface area contributed by atoms with Crippen LogP contribution in [0.5, 0.6) is 0 Å². The third kappa shape index (κ3) is 3.37. The molecule has 1 amide bonds. The highest BCUT2D eigenvalue weighted by Crippen LogP contribution is 2.23. The smallest absolute Gasteiger partial charge is 0.408 e. The van der Waals surface area contributed by atoms with Crippen LogP contribution in [0.1, 0.15) is 31.9 Å². The molecular formula is C13H18ClNO2. The van der Waals surface area contributed by atoms with Crippen LogP contribution in [0.4, 0.5) is 4.79 Å². The highest BCUT2D eigenvalue weighted by molar-refractivity contribution is 6.31. The van der Waals surface area contributed by atoms with Gasteiger partial charge in [0, 0.05) is 17.1 Å². The summed E-state index contributed by atoms with van der Waals surface area (Å²) < 4.78 is 0. The van der Waals surface area contributed by atoms with E-state index in [1.54, 1.807) is 0 Å². The summed E-state index contributed by atoms with van der Waals surface area (Å²) in [7, 11) is 0. The maximum Gasteiger partial charge on any atom is 0.408 e. The minimum atomic E-state index is -0.920. The molecule has 0 bridgehead atoms. The Balaban J connectivity index is 3.03. The molecule has 0 atom stereocenters. The van der Waals surface area contributed by atoms with Gasteiger partial charge in [-0.25, -0.2) is 4.79 Å². The molecule has 4 heteroatoms. The van der Waals surface area contributed by atoms with Crippen LogP contribution in [0.3, 0.4) is 0 Å². The molecule has 1 N–H and O–H groups in total. The molecule has 0 unspecified atom stereocenters. The van der Waals surface area contributed by atoms with Crippen molar-refractivity contribution >= 4 is 17.7 Å². The molecule has 0 radical (unpaired) electrons. The van der Waals surface area contributed by atoms with Crippen LogP contribution >= 0.6 is 11.6 Å². The van der Waals surface area contributed by atoms with Crippen molar-refractivity contribution in [3.8, 4) is 0 Å². The molecule has 1 aromatic carbocycles. The Bertz CT molecular complexity index is 424. The summed E-state index contributed by atoms with van der Waals surface area (Å²) in [5.41, 5.74) is 1.44. The van der Waals surface area contributed by atoms with Crippen molar-refractivity contribution in [2.75, 3.05) is 0 Å². The molecule has 0 fully saturated rings. The van der Waals surface area contributed by atoms with E-state index >= 15 is 0 Å². The summed E-state index contributed by atoms with van der Waals surface area (Å²) in [5, 5.41) is 9.89. The van der Waals surface area contributed by atoms with Gasteiger partial charge in [0.15, 0.2) is 0 Å². The quantitative estimate of drug-likeness (QED) is 0.870. The molecule has 0 aliphatic rings. The topological polar surface area (TPSA) is 40.5 Å². The van der Waals surface area contributed by atoms with Gasteiger partial charge in [-0.15, -0.1) is 0 Å². The fourth-order valence-corrected chi connectivity index (χ4v) is 1.78. The monoisotopic (exact) mass is 255 g/mol. The predicted molar refractivity (Wildman–Crippen MR) is 69.5 cm³/mol. The number of amides is 1. The summed E-state index contributed by atoms with van der Waals surface area (Å²) in [6, 6.07) is 5.55. The van der Waals surface area contributed by atoms with Gasteiger partial charge >= 0.3 is 6.09 Å². The molecule has 3 nitrogen and oxygen atoms in total. The maximum absolute atomic E-state index is 11.2. The lowest BCUT2D eigenvalue weighted by atomic mass is 10.0. The van der Waals surface area contributed by atoms with E-state index in [0.717, 1.165) is 11.1 Å². The molecule has 0 saturated heterocycles. The second kappa shape index (κ2) is 4.96. The summed E-state index contributed by atoms with van der Waals surface area (Å²) in [6.07, 6.45) is -0.920. The zero-order valence-corrected chi connectivity index (χ0v) is 11.4. The normalized spacial score (nSPS) is 11.4. The largest absolute Gasteiger partial charge is 0.465 e.